The minimum absolute atomic E-state index is 0.177. The van der Waals surface area contributed by atoms with Crippen LogP contribution in [-0.2, 0) is 4.43 Å². The Kier molecular flexibility index (Phi) is 6.01. The fraction of sp³-hybridized carbons (Fsp3) is 0.533. The second kappa shape index (κ2) is 6.94. The second-order valence-electron chi connectivity index (χ2n) is 6.41. The van der Waals surface area contributed by atoms with E-state index in [1.54, 1.807) is 6.07 Å². The van der Waals surface area contributed by atoms with Crippen LogP contribution in [0.25, 0.3) is 0 Å². The van der Waals surface area contributed by atoms with Gasteiger partial charge in [0.15, 0.2) is 8.32 Å². The fourth-order valence-corrected chi connectivity index (χ4v) is 2.94. The van der Waals surface area contributed by atoms with Crippen molar-refractivity contribution in [2.24, 2.45) is 0 Å². The lowest BCUT2D eigenvalue weighted by Crippen LogP contribution is -2.41. The van der Waals surface area contributed by atoms with Crippen molar-refractivity contribution >= 4 is 30.2 Å². The standard InChI is InChI=1S/C15H23BrO4Si/c1-15(2,3)21(4,5)20-9-8-19-13-7-6-11(14(17)18)10-12(13)16/h6-7,10H,8-9H2,1-5H3,(H,17,18). The van der Waals surface area contributed by atoms with Crippen LogP contribution in [0.2, 0.25) is 18.1 Å². The lowest BCUT2D eigenvalue weighted by molar-refractivity contribution is 0.0696. The molecule has 0 bridgehead atoms. The zero-order chi connectivity index (χ0) is 16.3. The van der Waals surface area contributed by atoms with Crippen LogP contribution in [-0.4, -0.2) is 32.6 Å². The van der Waals surface area contributed by atoms with Crippen LogP contribution in [0, 0.1) is 0 Å². The predicted octanol–water partition coefficient (Wildman–Crippen LogP) is 4.55. The van der Waals surface area contributed by atoms with E-state index in [1.165, 1.54) is 12.1 Å². The van der Waals surface area contributed by atoms with Gasteiger partial charge in [-0.3, -0.25) is 0 Å². The molecule has 118 valence electrons. The largest absolute Gasteiger partial charge is 0.490 e. The minimum Gasteiger partial charge on any atom is -0.490 e. The SMILES string of the molecule is CC(C)(C)[Si](C)(C)OCCOc1ccc(C(=O)O)cc1Br. The number of carboxylic acids is 1. The monoisotopic (exact) mass is 374 g/mol. The number of carboxylic acid groups (broad SMARTS) is 1. The molecule has 4 nitrogen and oxygen atoms in total. The average molecular weight is 375 g/mol. The van der Waals surface area contributed by atoms with Crippen LogP contribution in [0.4, 0.5) is 0 Å². The van der Waals surface area contributed by atoms with E-state index in [0.717, 1.165) is 0 Å². The molecule has 1 aromatic carbocycles. The van der Waals surface area contributed by atoms with Crippen molar-refractivity contribution in [3.05, 3.63) is 28.2 Å². The topological polar surface area (TPSA) is 55.8 Å². The van der Waals surface area contributed by atoms with Gasteiger partial charge in [0.25, 0.3) is 0 Å². The first kappa shape index (κ1) is 18.2. The Morgan fingerprint density at radius 2 is 1.90 bits per heavy atom. The molecule has 0 spiro atoms. The molecular weight excluding hydrogens is 352 g/mol. The van der Waals surface area contributed by atoms with Crippen LogP contribution < -0.4 is 4.74 Å². The van der Waals surface area contributed by atoms with Gasteiger partial charge in [0.05, 0.1) is 16.6 Å². The molecule has 0 heterocycles. The van der Waals surface area contributed by atoms with Crippen LogP contribution in [0.5, 0.6) is 5.75 Å². The zero-order valence-electron chi connectivity index (χ0n) is 13.2. The third-order valence-electron chi connectivity index (χ3n) is 3.79. The summed E-state index contributed by atoms with van der Waals surface area (Å²) in [5.41, 5.74) is 0.228. The van der Waals surface area contributed by atoms with E-state index >= 15 is 0 Å². The number of benzene rings is 1. The molecule has 0 saturated carbocycles. The summed E-state index contributed by atoms with van der Waals surface area (Å²) in [6.45, 7) is 12.0. The molecule has 0 radical (unpaired) electrons. The highest BCUT2D eigenvalue weighted by Crippen LogP contribution is 2.36. The molecule has 21 heavy (non-hydrogen) atoms. The molecule has 1 rings (SSSR count). The Morgan fingerprint density at radius 1 is 1.29 bits per heavy atom. The van der Waals surface area contributed by atoms with Crippen molar-refractivity contribution in [2.45, 2.75) is 38.9 Å². The van der Waals surface area contributed by atoms with Gasteiger partial charge in [-0.15, -0.1) is 0 Å². The Hall–Kier alpha value is -0.853. The molecule has 0 aliphatic heterocycles. The lowest BCUT2D eigenvalue weighted by atomic mass is 10.2. The van der Waals surface area contributed by atoms with E-state index in [9.17, 15) is 4.79 Å². The van der Waals surface area contributed by atoms with Gasteiger partial charge in [-0.1, -0.05) is 20.8 Å². The Labute approximate surface area is 135 Å². The van der Waals surface area contributed by atoms with Crippen molar-refractivity contribution in [2.75, 3.05) is 13.2 Å². The summed E-state index contributed by atoms with van der Waals surface area (Å²) in [7, 11) is -1.75. The van der Waals surface area contributed by atoms with Crippen molar-refractivity contribution in [1.82, 2.24) is 0 Å². The van der Waals surface area contributed by atoms with Gasteiger partial charge in [0.1, 0.15) is 12.4 Å². The molecule has 0 fully saturated rings. The number of rotatable bonds is 6. The third kappa shape index (κ3) is 5.12. The molecule has 0 aromatic heterocycles. The van der Waals surface area contributed by atoms with Gasteiger partial charge in [0, 0.05) is 0 Å². The predicted molar refractivity (Wildman–Crippen MR) is 89.7 cm³/mol. The molecule has 0 saturated heterocycles. The average Bonchev–Trinajstić information content (AvgIpc) is 2.34. The van der Waals surface area contributed by atoms with Crippen molar-refractivity contribution < 1.29 is 19.1 Å². The maximum Gasteiger partial charge on any atom is 0.335 e. The van der Waals surface area contributed by atoms with E-state index in [4.69, 9.17) is 14.3 Å². The van der Waals surface area contributed by atoms with Gasteiger partial charge >= 0.3 is 5.97 Å². The second-order valence-corrected chi connectivity index (χ2v) is 12.1. The van der Waals surface area contributed by atoms with Crippen LogP contribution in [0.15, 0.2) is 22.7 Å². The summed E-state index contributed by atoms with van der Waals surface area (Å²) in [5, 5.41) is 9.08. The first-order valence-electron chi connectivity index (χ1n) is 6.84. The highest BCUT2D eigenvalue weighted by Gasteiger charge is 2.36. The summed E-state index contributed by atoms with van der Waals surface area (Å²) in [4.78, 5) is 10.9. The normalized spacial score (nSPS) is 12.3. The van der Waals surface area contributed by atoms with Gasteiger partial charge in [0.2, 0.25) is 0 Å². The van der Waals surface area contributed by atoms with E-state index in [-0.39, 0.29) is 10.6 Å². The summed E-state index contributed by atoms with van der Waals surface area (Å²) in [5.74, 6) is -0.331. The molecule has 0 aliphatic carbocycles. The van der Waals surface area contributed by atoms with E-state index in [1.807, 2.05) is 0 Å². The van der Waals surface area contributed by atoms with Gasteiger partial charge < -0.3 is 14.3 Å². The smallest absolute Gasteiger partial charge is 0.335 e. The number of aromatic carboxylic acids is 1. The molecule has 1 N–H and O–H groups in total. The highest BCUT2D eigenvalue weighted by atomic mass is 79.9. The van der Waals surface area contributed by atoms with E-state index in [0.29, 0.717) is 23.4 Å². The first-order chi connectivity index (χ1) is 9.54. The summed E-state index contributed by atoms with van der Waals surface area (Å²) < 4.78 is 12.3. The maximum atomic E-state index is 10.9. The van der Waals surface area contributed by atoms with Crippen LogP contribution in [0.3, 0.4) is 0 Å². The fourth-order valence-electron chi connectivity index (χ4n) is 1.42. The quantitative estimate of drug-likeness (QED) is 0.586. The molecule has 0 aliphatic rings. The highest BCUT2D eigenvalue weighted by molar-refractivity contribution is 9.10. The molecular formula is C15H23BrO4Si. The maximum absolute atomic E-state index is 10.9. The number of hydrogen-bond donors (Lipinski definition) is 1. The van der Waals surface area contributed by atoms with Crippen LogP contribution in [0.1, 0.15) is 31.1 Å². The van der Waals surface area contributed by atoms with Gasteiger partial charge in [-0.05, 0) is 52.3 Å². The molecule has 0 atom stereocenters. The molecule has 6 heteroatoms. The Bertz CT molecular complexity index is 509. The van der Waals surface area contributed by atoms with E-state index < -0.39 is 14.3 Å². The zero-order valence-corrected chi connectivity index (χ0v) is 15.8. The van der Waals surface area contributed by atoms with Gasteiger partial charge in [-0.2, -0.15) is 0 Å². The van der Waals surface area contributed by atoms with Crippen molar-refractivity contribution in [3.63, 3.8) is 0 Å². The number of carbonyl (C=O) groups is 1. The molecule has 0 amide bonds. The summed E-state index contributed by atoms with van der Waals surface area (Å²) >= 11 is 3.32. The number of hydrogen-bond acceptors (Lipinski definition) is 3. The minimum atomic E-state index is -1.75. The van der Waals surface area contributed by atoms with Gasteiger partial charge in [-0.25, -0.2) is 4.79 Å². The van der Waals surface area contributed by atoms with E-state index in [2.05, 4.69) is 49.8 Å². The van der Waals surface area contributed by atoms with Crippen LogP contribution >= 0.6 is 15.9 Å². The third-order valence-corrected chi connectivity index (χ3v) is 8.95. The number of ether oxygens (including phenoxy) is 1. The Morgan fingerprint density at radius 3 is 2.38 bits per heavy atom. The summed E-state index contributed by atoms with van der Waals surface area (Å²) in [6, 6.07) is 4.71. The Balaban J connectivity index is 2.52. The first-order valence-corrected chi connectivity index (χ1v) is 10.5. The molecule has 1 aromatic rings. The number of halogens is 1. The lowest BCUT2D eigenvalue weighted by Gasteiger charge is -2.36. The van der Waals surface area contributed by atoms with Crippen molar-refractivity contribution in [1.29, 1.82) is 0 Å². The van der Waals surface area contributed by atoms with Crippen molar-refractivity contribution in [3.8, 4) is 5.75 Å². The summed E-state index contributed by atoms with van der Waals surface area (Å²) in [6.07, 6.45) is 0. The molecule has 0 unspecified atom stereocenters.